The van der Waals surface area contributed by atoms with E-state index in [1.807, 2.05) is 0 Å². The largest absolute Gasteiger partial charge is 0.294 e. The smallest absolute Gasteiger partial charge is 0.251 e. The summed E-state index contributed by atoms with van der Waals surface area (Å²) < 4.78 is 0. The Morgan fingerprint density at radius 2 is 2.50 bits per heavy atom. The molecule has 1 rings (SSSR count). The molecule has 0 aromatic rings. The van der Waals surface area contributed by atoms with E-state index in [1.165, 1.54) is 6.08 Å². The highest BCUT2D eigenvalue weighted by Crippen LogP contribution is 2.14. The van der Waals surface area contributed by atoms with Crippen LogP contribution in [0.1, 0.15) is 13.8 Å². The molecule has 0 aromatic heterocycles. The molecule has 12 heavy (non-hydrogen) atoms. The van der Waals surface area contributed by atoms with Crippen molar-refractivity contribution in [3.8, 4) is 0 Å². The second kappa shape index (κ2) is 3.52. The van der Waals surface area contributed by atoms with Crippen LogP contribution in [0.15, 0.2) is 17.6 Å². The maximum Gasteiger partial charge on any atom is 0.251 e. The van der Waals surface area contributed by atoms with Gasteiger partial charge in [0, 0.05) is 0 Å². The highest BCUT2D eigenvalue weighted by atomic mass is 16.2. The Hall–Kier alpha value is -1.12. The molecule has 1 atom stereocenters. The van der Waals surface area contributed by atoms with Gasteiger partial charge in [-0.3, -0.25) is 14.7 Å². The minimum absolute atomic E-state index is 0.0602. The lowest BCUT2D eigenvalue weighted by Gasteiger charge is -2.23. The van der Waals surface area contributed by atoms with Crippen molar-refractivity contribution >= 4 is 12.2 Å². The average Bonchev–Trinajstić information content (AvgIpc) is 2.50. The SMILES string of the molecule is C=CC(=O)N1C=NCC1C(C)C. The summed E-state index contributed by atoms with van der Waals surface area (Å²) in [7, 11) is 0. The second-order valence-corrected chi connectivity index (χ2v) is 3.24. The van der Waals surface area contributed by atoms with E-state index in [2.05, 4.69) is 25.4 Å². The van der Waals surface area contributed by atoms with E-state index in [9.17, 15) is 4.79 Å². The summed E-state index contributed by atoms with van der Waals surface area (Å²) in [6.07, 6.45) is 2.93. The summed E-state index contributed by atoms with van der Waals surface area (Å²) in [5.74, 6) is 0.381. The van der Waals surface area contributed by atoms with Crippen LogP contribution in [0.4, 0.5) is 0 Å². The highest BCUT2D eigenvalue weighted by Gasteiger charge is 2.26. The van der Waals surface area contributed by atoms with E-state index in [0.29, 0.717) is 5.92 Å². The lowest BCUT2D eigenvalue weighted by molar-refractivity contribution is -0.123. The highest BCUT2D eigenvalue weighted by molar-refractivity contribution is 5.96. The summed E-state index contributed by atoms with van der Waals surface area (Å²) in [5.41, 5.74) is 0. The molecule has 1 aliphatic rings. The Balaban J connectivity index is 2.69. The Labute approximate surface area is 72.8 Å². The van der Waals surface area contributed by atoms with Crippen LogP contribution in [0.25, 0.3) is 0 Å². The number of nitrogens with zero attached hydrogens (tertiary/aromatic N) is 2. The van der Waals surface area contributed by atoms with Crippen molar-refractivity contribution in [1.82, 2.24) is 4.90 Å². The maximum absolute atomic E-state index is 11.2. The molecule has 1 heterocycles. The molecule has 3 nitrogen and oxygen atoms in total. The number of rotatable bonds is 2. The predicted octanol–water partition coefficient (Wildman–Crippen LogP) is 1.07. The topological polar surface area (TPSA) is 32.7 Å². The van der Waals surface area contributed by atoms with Gasteiger partial charge in [-0.25, -0.2) is 0 Å². The Kier molecular flexibility index (Phi) is 2.63. The van der Waals surface area contributed by atoms with Crippen LogP contribution < -0.4 is 0 Å². The molecule has 0 aromatic carbocycles. The van der Waals surface area contributed by atoms with E-state index in [1.54, 1.807) is 11.2 Å². The second-order valence-electron chi connectivity index (χ2n) is 3.24. The fraction of sp³-hybridized carbons (Fsp3) is 0.556. The lowest BCUT2D eigenvalue weighted by atomic mass is 10.0. The zero-order chi connectivity index (χ0) is 9.14. The quantitative estimate of drug-likeness (QED) is 0.565. The molecule has 0 fully saturated rings. The summed E-state index contributed by atoms with van der Waals surface area (Å²) >= 11 is 0. The zero-order valence-electron chi connectivity index (χ0n) is 7.53. The Bertz CT molecular complexity index is 221. The summed E-state index contributed by atoms with van der Waals surface area (Å²) in [6, 6.07) is 0.218. The molecule has 0 bridgehead atoms. The van der Waals surface area contributed by atoms with Gasteiger partial charge in [0.15, 0.2) is 0 Å². The molecule has 0 N–H and O–H groups in total. The first-order chi connectivity index (χ1) is 5.66. The van der Waals surface area contributed by atoms with Crippen molar-refractivity contribution in [3.63, 3.8) is 0 Å². The number of hydrogen-bond acceptors (Lipinski definition) is 2. The van der Waals surface area contributed by atoms with Gasteiger partial charge >= 0.3 is 0 Å². The van der Waals surface area contributed by atoms with Crippen LogP contribution in [0.3, 0.4) is 0 Å². The van der Waals surface area contributed by atoms with Crippen molar-refractivity contribution in [2.24, 2.45) is 10.9 Å². The van der Waals surface area contributed by atoms with E-state index >= 15 is 0 Å². The lowest BCUT2D eigenvalue weighted by Crippen LogP contribution is -2.39. The summed E-state index contributed by atoms with van der Waals surface area (Å²) in [4.78, 5) is 17.0. The third-order valence-electron chi connectivity index (χ3n) is 2.05. The monoisotopic (exact) mass is 166 g/mol. The van der Waals surface area contributed by atoms with Gasteiger partial charge in [-0.2, -0.15) is 0 Å². The van der Waals surface area contributed by atoms with Crippen LogP contribution >= 0.6 is 0 Å². The van der Waals surface area contributed by atoms with Crippen LogP contribution in [0, 0.1) is 5.92 Å². The number of carbonyl (C=O) groups is 1. The minimum Gasteiger partial charge on any atom is -0.294 e. The molecule has 66 valence electrons. The van der Waals surface area contributed by atoms with Gasteiger partial charge in [-0.15, -0.1) is 0 Å². The summed E-state index contributed by atoms with van der Waals surface area (Å²) in [6.45, 7) is 8.34. The molecule has 3 heteroatoms. The number of amides is 1. The van der Waals surface area contributed by atoms with Crippen molar-refractivity contribution in [1.29, 1.82) is 0 Å². The zero-order valence-corrected chi connectivity index (χ0v) is 7.53. The molecule has 0 spiro atoms. The van der Waals surface area contributed by atoms with Crippen molar-refractivity contribution in [3.05, 3.63) is 12.7 Å². The van der Waals surface area contributed by atoms with E-state index in [4.69, 9.17) is 0 Å². The van der Waals surface area contributed by atoms with Crippen LogP contribution in [0.2, 0.25) is 0 Å². The third-order valence-corrected chi connectivity index (χ3v) is 2.05. The van der Waals surface area contributed by atoms with Gasteiger partial charge in [-0.1, -0.05) is 20.4 Å². The Morgan fingerprint density at radius 3 is 3.00 bits per heavy atom. The molecule has 0 radical (unpaired) electrons. The van der Waals surface area contributed by atoms with Gasteiger partial charge in [0.1, 0.15) is 0 Å². The molecular formula is C9H14N2O. The molecule has 1 aliphatic heterocycles. The van der Waals surface area contributed by atoms with Crippen molar-refractivity contribution in [2.75, 3.05) is 6.54 Å². The van der Waals surface area contributed by atoms with Crippen LogP contribution in [-0.4, -0.2) is 29.7 Å². The first kappa shape index (κ1) is 8.97. The molecule has 0 aliphatic carbocycles. The van der Waals surface area contributed by atoms with E-state index in [-0.39, 0.29) is 11.9 Å². The molecule has 1 unspecified atom stereocenters. The fourth-order valence-corrected chi connectivity index (χ4v) is 1.27. The van der Waals surface area contributed by atoms with Gasteiger partial charge in [0.2, 0.25) is 0 Å². The number of aliphatic imine (C=N–C) groups is 1. The average molecular weight is 166 g/mol. The first-order valence-corrected chi connectivity index (χ1v) is 4.11. The van der Waals surface area contributed by atoms with Gasteiger partial charge < -0.3 is 0 Å². The Morgan fingerprint density at radius 1 is 1.83 bits per heavy atom. The normalized spacial score (nSPS) is 21.9. The van der Waals surface area contributed by atoms with Crippen molar-refractivity contribution in [2.45, 2.75) is 19.9 Å². The fourth-order valence-electron chi connectivity index (χ4n) is 1.27. The van der Waals surface area contributed by atoms with E-state index < -0.39 is 0 Å². The van der Waals surface area contributed by atoms with Crippen LogP contribution in [-0.2, 0) is 4.79 Å². The van der Waals surface area contributed by atoms with Crippen LogP contribution in [0.5, 0.6) is 0 Å². The molecular weight excluding hydrogens is 152 g/mol. The predicted molar refractivity (Wildman–Crippen MR) is 49.0 cm³/mol. The van der Waals surface area contributed by atoms with E-state index in [0.717, 1.165) is 6.54 Å². The third kappa shape index (κ3) is 1.55. The number of hydrogen-bond donors (Lipinski definition) is 0. The first-order valence-electron chi connectivity index (χ1n) is 4.11. The van der Waals surface area contributed by atoms with Gasteiger partial charge in [0.25, 0.3) is 5.91 Å². The van der Waals surface area contributed by atoms with Gasteiger partial charge in [-0.05, 0) is 12.0 Å². The number of carbonyl (C=O) groups excluding carboxylic acids is 1. The summed E-state index contributed by atoms with van der Waals surface area (Å²) in [5, 5.41) is 0. The maximum atomic E-state index is 11.2. The molecule has 0 saturated heterocycles. The van der Waals surface area contributed by atoms with Crippen molar-refractivity contribution < 1.29 is 4.79 Å². The molecule has 1 amide bonds. The molecule has 0 saturated carbocycles. The minimum atomic E-state index is -0.0602. The standard InChI is InChI=1S/C9H14N2O/c1-4-9(12)11-6-10-5-8(11)7(2)3/h4,6-8H,1,5H2,2-3H3. The van der Waals surface area contributed by atoms with Gasteiger partial charge in [0.05, 0.1) is 18.9 Å².